The summed E-state index contributed by atoms with van der Waals surface area (Å²) < 4.78 is 12.5. The van der Waals surface area contributed by atoms with E-state index in [-0.39, 0.29) is 0 Å². The van der Waals surface area contributed by atoms with Crippen LogP contribution in [0.4, 0.5) is 5.69 Å². The Morgan fingerprint density at radius 2 is 2.00 bits per heavy atom. The highest BCUT2D eigenvalue weighted by Gasteiger charge is 2.13. The zero-order chi connectivity index (χ0) is 22.1. The van der Waals surface area contributed by atoms with E-state index in [0.29, 0.717) is 22.0 Å². The molecule has 3 aromatic carbocycles. The Balaban J connectivity index is 1.48. The van der Waals surface area contributed by atoms with E-state index in [4.69, 9.17) is 9.15 Å². The Morgan fingerprint density at radius 3 is 2.81 bits per heavy atom. The second-order valence-electron chi connectivity index (χ2n) is 7.01. The average Bonchev–Trinajstić information content (AvgIpc) is 3.44. The molecule has 0 radical (unpaired) electrons. The smallest absolute Gasteiger partial charge is 0.143 e. The van der Waals surface area contributed by atoms with Crippen LogP contribution in [0, 0.1) is 11.3 Å². The molecule has 0 unspecified atom stereocenters. The summed E-state index contributed by atoms with van der Waals surface area (Å²) in [6, 6.07) is 21.9. The van der Waals surface area contributed by atoms with Crippen LogP contribution in [0.2, 0.25) is 0 Å². The molecule has 0 aliphatic carbocycles. The highest BCUT2D eigenvalue weighted by atomic mass is 79.9. The predicted octanol–water partition coefficient (Wildman–Crippen LogP) is 7.46. The number of nitriles is 1. The summed E-state index contributed by atoms with van der Waals surface area (Å²) in [4.78, 5) is 4.64. The third-order valence-electron chi connectivity index (χ3n) is 5.05. The molecule has 5 aromatic rings. The largest absolute Gasteiger partial charge is 0.495 e. The zero-order valence-electron chi connectivity index (χ0n) is 16.9. The molecule has 156 valence electrons. The van der Waals surface area contributed by atoms with Crippen molar-refractivity contribution < 1.29 is 9.15 Å². The van der Waals surface area contributed by atoms with Gasteiger partial charge in [0.1, 0.15) is 33.6 Å². The number of methoxy groups -OCH3 is 1. The topological polar surface area (TPSA) is 71.1 Å². The van der Waals surface area contributed by atoms with Crippen LogP contribution in [-0.4, -0.2) is 12.1 Å². The number of thiazole rings is 1. The standard InChI is InChI=1S/C25H16BrN3O2S/c1-30-24-10-19-18-7-2-3-8-22(18)31-23(19)11-20(24)28-13-16(12-27)25-29-21(14-32-25)15-5-4-6-17(26)9-15/h2-11,13-14,28H,1H3. The fourth-order valence-corrected chi connectivity index (χ4v) is 4.70. The molecule has 32 heavy (non-hydrogen) atoms. The van der Waals surface area contributed by atoms with Crippen molar-refractivity contribution in [1.29, 1.82) is 5.26 Å². The molecule has 0 aliphatic heterocycles. The van der Waals surface area contributed by atoms with Gasteiger partial charge < -0.3 is 14.5 Å². The van der Waals surface area contributed by atoms with Crippen molar-refractivity contribution >= 4 is 60.5 Å². The number of ether oxygens (including phenoxy) is 1. The van der Waals surface area contributed by atoms with Crippen LogP contribution in [0.25, 0.3) is 38.8 Å². The third-order valence-corrected chi connectivity index (χ3v) is 6.42. The van der Waals surface area contributed by atoms with Gasteiger partial charge in [0.05, 0.1) is 18.5 Å². The quantitative estimate of drug-likeness (QED) is 0.253. The number of furan rings is 1. The van der Waals surface area contributed by atoms with Crippen molar-refractivity contribution in [3.63, 3.8) is 0 Å². The van der Waals surface area contributed by atoms with E-state index in [2.05, 4.69) is 32.3 Å². The lowest BCUT2D eigenvalue weighted by Gasteiger charge is -2.08. The first-order valence-corrected chi connectivity index (χ1v) is 11.4. The van der Waals surface area contributed by atoms with Crippen LogP contribution in [-0.2, 0) is 0 Å². The Kier molecular flexibility index (Phi) is 5.39. The summed E-state index contributed by atoms with van der Waals surface area (Å²) in [5.41, 5.74) is 4.52. The summed E-state index contributed by atoms with van der Waals surface area (Å²) in [7, 11) is 1.62. The molecular formula is C25H16BrN3O2S. The first kappa shape index (κ1) is 20.3. The van der Waals surface area contributed by atoms with Crippen LogP contribution >= 0.6 is 27.3 Å². The SMILES string of the molecule is COc1cc2c(cc1NC=C(C#N)c1nc(-c3cccc(Br)c3)cs1)oc1ccccc12. The number of hydrogen-bond acceptors (Lipinski definition) is 6. The molecule has 0 fully saturated rings. The normalized spacial score (nSPS) is 11.6. The minimum atomic E-state index is 0.433. The molecule has 5 rings (SSSR count). The fraction of sp³-hybridized carbons (Fsp3) is 0.0400. The van der Waals surface area contributed by atoms with Crippen LogP contribution in [0.1, 0.15) is 5.01 Å². The van der Waals surface area contributed by atoms with Crippen molar-refractivity contribution in [1.82, 2.24) is 4.98 Å². The fourth-order valence-electron chi connectivity index (χ4n) is 3.50. The van der Waals surface area contributed by atoms with Gasteiger partial charge in [0.25, 0.3) is 0 Å². The minimum absolute atomic E-state index is 0.433. The van der Waals surface area contributed by atoms with E-state index < -0.39 is 0 Å². The number of allylic oxidation sites excluding steroid dienone is 1. The molecule has 0 bridgehead atoms. The summed E-state index contributed by atoms with van der Waals surface area (Å²) in [6.07, 6.45) is 1.65. The molecule has 0 saturated carbocycles. The number of halogens is 1. The molecule has 5 nitrogen and oxygen atoms in total. The maximum absolute atomic E-state index is 9.73. The number of nitrogens with zero attached hydrogens (tertiary/aromatic N) is 2. The number of para-hydroxylation sites is 1. The number of aromatic nitrogens is 1. The zero-order valence-corrected chi connectivity index (χ0v) is 19.3. The summed E-state index contributed by atoms with van der Waals surface area (Å²) >= 11 is 4.91. The lowest BCUT2D eigenvalue weighted by Crippen LogP contribution is -1.95. The molecule has 2 aromatic heterocycles. The Bertz CT molecular complexity index is 1530. The Morgan fingerprint density at radius 1 is 1.12 bits per heavy atom. The highest BCUT2D eigenvalue weighted by Crippen LogP contribution is 2.36. The van der Waals surface area contributed by atoms with Crippen molar-refractivity contribution in [2.75, 3.05) is 12.4 Å². The molecular weight excluding hydrogens is 486 g/mol. The number of benzene rings is 3. The van der Waals surface area contributed by atoms with Crippen LogP contribution in [0.3, 0.4) is 0 Å². The monoisotopic (exact) mass is 501 g/mol. The molecule has 1 N–H and O–H groups in total. The van der Waals surface area contributed by atoms with E-state index in [1.165, 1.54) is 11.3 Å². The van der Waals surface area contributed by atoms with E-state index in [1.54, 1.807) is 13.3 Å². The second-order valence-corrected chi connectivity index (χ2v) is 8.78. The van der Waals surface area contributed by atoms with Gasteiger partial charge in [0, 0.05) is 38.5 Å². The lowest BCUT2D eigenvalue weighted by atomic mass is 10.1. The van der Waals surface area contributed by atoms with Gasteiger partial charge in [-0.2, -0.15) is 5.26 Å². The van der Waals surface area contributed by atoms with E-state index >= 15 is 0 Å². The lowest BCUT2D eigenvalue weighted by molar-refractivity contribution is 0.417. The van der Waals surface area contributed by atoms with E-state index in [1.807, 2.05) is 66.0 Å². The summed E-state index contributed by atoms with van der Waals surface area (Å²) in [5.74, 6) is 0.659. The number of fused-ring (bicyclic) bond motifs is 3. The first-order chi connectivity index (χ1) is 15.7. The van der Waals surface area contributed by atoms with Gasteiger partial charge in [-0.05, 0) is 24.3 Å². The van der Waals surface area contributed by atoms with Crippen LogP contribution in [0.5, 0.6) is 5.75 Å². The predicted molar refractivity (Wildman–Crippen MR) is 133 cm³/mol. The van der Waals surface area contributed by atoms with Crippen LogP contribution in [0.15, 0.2) is 81.1 Å². The van der Waals surface area contributed by atoms with Gasteiger partial charge in [0.15, 0.2) is 0 Å². The molecule has 0 amide bonds. The molecule has 0 atom stereocenters. The molecule has 7 heteroatoms. The molecule has 0 saturated heterocycles. The second kappa shape index (κ2) is 8.50. The van der Waals surface area contributed by atoms with Gasteiger partial charge in [-0.15, -0.1) is 11.3 Å². The highest BCUT2D eigenvalue weighted by molar-refractivity contribution is 9.10. The number of hydrogen-bond donors (Lipinski definition) is 1. The maximum atomic E-state index is 9.73. The Labute approximate surface area is 196 Å². The summed E-state index contributed by atoms with van der Waals surface area (Å²) in [6.45, 7) is 0. The van der Waals surface area contributed by atoms with Crippen molar-refractivity contribution in [3.8, 4) is 23.1 Å². The van der Waals surface area contributed by atoms with Gasteiger partial charge in [-0.25, -0.2) is 4.98 Å². The van der Waals surface area contributed by atoms with Gasteiger partial charge in [-0.1, -0.05) is 46.3 Å². The van der Waals surface area contributed by atoms with Crippen molar-refractivity contribution in [3.05, 3.63) is 81.7 Å². The van der Waals surface area contributed by atoms with Gasteiger partial charge in [-0.3, -0.25) is 0 Å². The van der Waals surface area contributed by atoms with Crippen LogP contribution < -0.4 is 10.1 Å². The average molecular weight is 502 g/mol. The number of rotatable bonds is 5. The summed E-state index contributed by atoms with van der Waals surface area (Å²) in [5, 5.41) is 17.5. The minimum Gasteiger partial charge on any atom is -0.495 e. The van der Waals surface area contributed by atoms with E-state index in [9.17, 15) is 5.26 Å². The van der Waals surface area contributed by atoms with Crippen molar-refractivity contribution in [2.45, 2.75) is 0 Å². The molecule has 0 spiro atoms. The number of anilines is 1. The van der Waals surface area contributed by atoms with E-state index in [0.717, 1.165) is 37.7 Å². The number of nitrogens with one attached hydrogen (secondary N) is 1. The third kappa shape index (κ3) is 3.75. The van der Waals surface area contributed by atoms with Crippen molar-refractivity contribution in [2.24, 2.45) is 0 Å². The van der Waals surface area contributed by atoms with Gasteiger partial charge >= 0.3 is 0 Å². The Hall–Kier alpha value is -3.60. The molecule has 0 aliphatic rings. The molecule has 2 heterocycles. The van der Waals surface area contributed by atoms with Gasteiger partial charge in [0.2, 0.25) is 0 Å². The maximum Gasteiger partial charge on any atom is 0.143 e. The first-order valence-electron chi connectivity index (χ1n) is 9.74.